The highest BCUT2D eigenvalue weighted by Crippen LogP contribution is 2.31. The second kappa shape index (κ2) is 11.8. The molecule has 4 atom stereocenters. The van der Waals surface area contributed by atoms with Crippen LogP contribution < -0.4 is 0 Å². The summed E-state index contributed by atoms with van der Waals surface area (Å²) < 4.78 is 5.83. The van der Waals surface area contributed by atoms with Crippen molar-refractivity contribution in [2.75, 3.05) is 53.9 Å². The van der Waals surface area contributed by atoms with Crippen LogP contribution in [0.2, 0.25) is 0 Å². The van der Waals surface area contributed by atoms with Crippen molar-refractivity contribution < 1.29 is 19.1 Å². The zero-order chi connectivity index (χ0) is 24.9. The number of likely N-dealkylation sites (N-methyl/N-ethyl adjacent to an activating group) is 2. The Morgan fingerprint density at radius 1 is 1.06 bits per heavy atom. The normalized spacial score (nSPS) is 31.5. The lowest BCUT2D eigenvalue weighted by Crippen LogP contribution is -2.50. The first-order valence-electron chi connectivity index (χ1n) is 12.7. The van der Waals surface area contributed by atoms with E-state index in [1.54, 1.807) is 13.8 Å². The molecular formula is C26H47N3O4. The number of hydrogen-bond donors (Lipinski definition) is 0. The first kappa shape index (κ1) is 27.8. The van der Waals surface area contributed by atoms with Crippen molar-refractivity contribution in [3.63, 3.8) is 0 Å². The summed E-state index contributed by atoms with van der Waals surface area (Å²) in [5, 5.41) is 0. The van der Waals surface area contributed by atoms with Gasteiger partial charge in [0.25, 0.3) is 0 Å². The number of carbonyl (C=O) groups is 3. The number of likely N-dealkylation sites (tertiary alicyclic amines) is 1. The van der Waals surface area contributed by atoms with Gasteiger partial charge < -0.3 is 14.5 Å². The van der Waals surface area contributed by atoms with Crippen LogP contribution in [0, 0.1) is 29.1 Å². The number of ether oxygens (including phenoxy) is 1. The van der Waals surface area contributed by atoms with Gasteiger partial charge in [-0.15, -0.1) is 0 Å². The molecule has 0 unspecified atom stereocenters. The first-order chi connectivity index (χ1) is 15.3. The number of hydrogen-bond acceptors (Lipinski definition) is 6. The molecule has 7 heteroatoms. The third-order valence-electron chi connectivity index (χ3n) is 7.57. The zero-order valence-electron chi connectivity index (χ0n) is 22.2. The van der Waals surface area contributed by atoms with Crippen molar-refractivity contribution in [2.45, 2.75) is 66.3 Å². The van der Waals surface area contributed by atoms with Gasteiger partial charge in [-0.2, -0.15) is 0 Å². The van der Waals surface area contributed by atoms with Gasteiger partial charge in [0.05, 0.1) is 6.54 Å². The number of carbonyl (C=O) groups excluding carboxylic acids is 3. The molecule has 0 aromatic rings. The minimum Gasteiger partial charge on any atom is -0.463 e. The van der Waals surface area contributed by atoms with Crippen molar-refractivity contribution in [1.29, 1.82) is 0 Å². The number of cyclic esters (lactones) is 1. The van der Waals surface area contributed by atoms with Crippen molar-refractivity contribution in [3.05, 3.63) is 0 Å². The smallest absolute Gasteiger partial charge is 0.319 e. The van der Waals surface area contributed by atoms with Crippen LogP contribution in [0.3, 0.4) is 0 Å². The maximum absolute atomic E-state index is 13.1. The second-order valence-corrected chi connectivity index (χ2v) is 11.6. The highest BCUT2D eigenvalue weighted by Gasteiger charge is 2.41. The van der Waals surface area contributed by atoms with E-state index in [2.05, 4.69) is 25.8 Å². The fraction of sp³-hybridized carbons (Fsp3) is 0.885. The molecule has 7 nitrogen and oxygen atoms in total. The Kier molecular flexibility index (Phi) is 9.92. The number of rotatable bonds is 3. The van der Waals surface area contributed by atoms with Gasteiger partial charge in [0.1, 0.15) is 12.0 Å². The predicted molar refractivity (Wildman–Crippen MR) is 131 cm³/mol. The number of amides is 1. The number of nitrogens with zero attached hydrogens (tertiary/aromatic N) is 3. The molecule has 33 heavy (non-hydrogen) atoms. The summed E-state index contributed by atoms with van der Waals surface area (Å²) in [6.45, 7) is 13.0. The maximum Gasteiger partial charge on any atom is 0.319 e. The lowest BCUT2D eigenvalue weighted by molar-refractivity contribution is -0.161. The summed E-state index contributed by atoms with van der Waals surface area (Å²) in [6.07, 6.45) is 3.65. The van der Waals surface area contributed by atoms with Gasteiger partial charge in [0, 0.05) is 31.6 Å². The van der Waals surface area contributed by atoms with Crippen LogP contribution in [-0.4, -0.2) is 92.3 Å². The van der Waals surface area contributed by atoms with Crippen LogP contribution >= 0.6 is 0 Å². The van der Waals surface area contributed by atoms with E-state index in [1.807, 2.05) is 30.8 Å². The molecule has 0 aromatic heterocycles. The summed E-state index contributed by atoms with van der Waals surface area (Å²) in [7, 11) is 5.95. The molecule has 0 bridgehead atoms. The molecule has 0 aromatic carbocycles. The Bertz CT molecular complexity index is 685. The molecule has 0 radical (unpaired) electrons. The molecule has 0 saturated carbocycles. The van der Waals surface area contributed by atoms with Gasteiger partial charge >= 0.3 is 5.97 Å². The van der Waals surface area contributed by atoms with E-state index in [0.717, 1.165) is 45.3 Å². The highest BCUT2D eigenvalue weighted by atomic mass is 16.5. The SMILES string of the molecule is C[C@@H]1C[C@@H](C)CN(C)[C@H](C2CCN(C(=O)CN(C)C)CC2)COC(=O)C(C)(C)C(=O)[C@H](C)C1. The van der Waals surface area contributed by atoms with Crippen molar-refractivity contribution in [2.24, 2.45) is 29.1 Å². The molecule has 1 amide bonds. The Morgan fingerprint density at radius 2 is 1.67 bits per heavy atom. The Labute approximate surface area is 201 Å². The van der Waals surface area contributed by atoms with Crippen molar-refractivity contribution in [1.82, 2.24) is 14.7 Å². The van der Waals surface area contributed by atoms with Crippen LogP contribution in [0.25, 0.3) is 0 Å². The standard InChI is InChI=1S/C26H47N3O4/c1-18-13-19(2)15-28(8)22(17-33-25(32)26(4,5)24(31)20(3)14-18)21-9-11-29(12-10-21)23(30)16-27(6)7/h18-22H,9-17H2,1-8H3/t18-,19-,20-,22+/m1/s1. The Morgan fingerprint density at radius 3 is 2.24 bits per heavy atom. The molecule has 0 N–H and O–H groups in total. The molecule has 2 aliphatic rings. The van der Waals surface area contributed by atoms with E-state index in [0.29, 0.717) is 30.9 Å². The van der Waals surface area contributed by atoms with Crippen molar-refractivity contribution >= 4 is 17.7 Å². The lowest BCUT2D eigenvalue weighted by Gasteiger charge is -2.40. The van der Waals surface area contributed by atoms with Gasteiger partial charge in [-0.1, -0.05) is 20.8 Å². The topological polar surface area (TPSA) is 70.2 Å². The Balaban J connectivity index is 2.16. The molecule has 2 rings (SSSR count). The van der Waals surface area contributed by atoms with Gasteiger partial charge in [0.15, 0.2) is 5.78 Å². The van der Waals surface area contributed by atoms with Gasteiger partial charge in [0.2, 0.25) is 5.91 Å². The summed E-state index contributed by atoms with van der Waals surface area (Å²) in [6, 6.07) is 0.0851. The molecule has 2 aliphatic heterocycles. The number of Topliss-reactive ketones (excluding diaryl/α,β-unsaturated/α-hetero) is 1. The van der Waals surface area contributed by atoms with Crippen LogP contribution in [0.15, 0.2) is 0 Å². The van der Waals surface area contributed by atoms with Crippen LogP contribution in [0.1, 0.15) is 60.3 Å². The fourth-order valence-electron chi connectivity index (χ4n) is 5.78. The quantitative estimate of drug-likeness (QED) is 0.472. The van der Waals surface area contributed by atoms with Crippen LogP contribution in [0.4, 0.5) is 0 Å². The maximum atomic E-state index is 13.1. The third-order valence-corrected chi connectivity index (χ3v) is 7.57. The molecule has 0 aliphatic carbocycles. The van der Waals surface area contributed by atoms with Crippen molar-refractivity contribution in [3.8, 4) is 0 Å². The summed E-state index contributed by atoms with van der Waals surface area (Å²) >= 11 is 0. The van der Waals surface area contributed by atoms with Gasteiger partial charge in [-0.05, 0) is 78.4 Å². The van der Waals surface area contributed by atoms with E-state index in [1.165, 1.54) is 0 Å². The average Bonchev–Trinajstić information content (AvgIpc) is 2.72. The molecule has 2 saturated heterocycles. The van der Waals surface area contributed by atoms with E-state index < -0.39 is 11.4 Å². The Hall–Kier alpha value is -1.47. The fourth-order valence-corrected chi connectivity index (χ4v) is 5.78. The van der Waals surface area contributed by atoms with Crippen LogP contribution in [0.5, 0.6) is 0 Å². The average molecular weight is 466 g/mol. The van der Waals surface area contributed by atoms with Crippen LogP contribution in [-0.2, 0) is 19.1 Å². The first-order valence-corrected chi connectivity index (χ1v) is 12.7. The molecule has 0 spiro atoms. The van der Waals surface area contributed by atoms with Gasteiger partial charge in [-0.25, -0.2) is 0 Å². The third kappa shape index (κ3) is 7.51. The minimum absolute atomic E-state index is 0.0242. The highest BCUT2D eigenvalue weighted by molar-refractivity contribution is 6.03. The minimum atomic E-state index is -1.14. The molecule has 190 valence electrons. The number of ketones is 1. The van der Waals surface area contributed by atoms with E-state index >= 15 is 0 Å². The second-order valence-electron chi connectivity index (χ2n) is 11.6. The summed E-state index contributed by atoms with van der Waals surface area (Å²) in [5.41, 5.74) is -1.14. The zero-order valence-corrected chi connectivity index (χ0v) is 22.2. The molecule has 2 heterocycles. The summed E-state index contributed by atoms with van der Waals surface area (Å²) in [5.74, 6) is 0.822. The largest absolute Gasteiger partial charge is 0.463 e. The molecular weight excluding hydrogens is 418 g/mol. The summed E-state index contributed by atoms with van der Waals surface area (Å²) in [4.78, 5) is 44.7. The lowest BCUT2D eigenvalue weighted by atomic mass is 9.78. The van der Waals surface area contributed by atoms with E-state index in [-0.39, 0.29) is 23.7 Å². The number of esters is 1. The van der Waals surface area contributed by atoms with Gasteiger partial charge in [-0.3, -0.25) is 19.3 Å². The van der Waals surface area contributed by atoms with E-state index in [4.69, 9.17) is 4.74 Å². The monoisotopic (exact) mass is 465 g/mol. The predicted octanol–water partition coefficient (Wildman–Crippen LogP) is 2.93. The van der Waals surface area contributed by atoms with E-state index in [9.17, 15) is 14.4 Å². The molecule has 2 fully saturated rings. The number of piperidine rings is 1.